The summed E-state index contributed by atoms with van der Waals surface area (Å²) in [6.45, 7) is -0.304. The van der Waals surface area contributed by atoms with Crippen molar-refractivity contribution in [3.8, 4) is 23.0 Å². The van der Waals surface area contributed by atoms with Gasteiger partial charge in [0, 0.05) is 11.1 Å². The fraction of sp³-hybridized carbons (Fsp3) is 0.120. The molecule has 3 aromatic carbocycles. The molecule has 3 aromatic rings. The second-order valence-corrected chi connectivity index (χ2v) is 6.78. The predicted molar refractivity (Wildman–Crippen MR) is 116 cm³/mol. The Hall–Kier alpha value is -4.05. The fourth-order valence-corrected chi connectivity index (χ4v) is 2.83. The van der Waals surface area contributed by atoms with Gasteiger partial charge in [-0.05, 0) is 41.5 Å². The summed E-state index contributed by atoms with van der Waals surface area (Å²) in [5.41, 5.74) is 1.83. The number of nitrogens with one attached hydrogen (secondary N) is 2. The molecule has 162 valence electrons. The van der Waals surface area contributed by atoms with Crippen LogP contribution in [0.3, 0.4) is 0 Å². The topological polar surface area (TPSA) is 58.2 Å². The van der Waals surface area contributed by atoms with Crippen LogP contribution in [0.4, 0.5) is 13.2 Å². The third-order valence-corrected chi connectivity index (χ3v) is 4.46. The molecule has 0 aliphatic carbocycles. The zero-order valence-electron chi connectivity index (χ0n) is 16.9. The quantitative estimate of drug-likeness (QED) is 0.587. The van der Waals surface area contributed by atoms with E-state index in [1.165, 1.54) is 12.1 Å². The molecule has 7 heteroatoms. The normalized spacial score (nSPS) is 10.6. The van der Waals surface area contributed by atoms with Crippen LogP contribution in [0.2, 0.25) is 0 Å². The van der Waals surface area contributed by atoms with Crippen LogP contribution < -0.4 is 10.6 Å². The number of carbonyl (C=O) groups excluding carboxylic acids is 2. The van der Waals surface area contributed by atoms with Crippen molar-refractivity contribution in [2.24, 2.45) is 0 Å². The van der Waals surface area contributed by atoms with Crippen molar-refractivity contribution < 1.29 is 22.8 Å². The van der Waals surface area contributed by atoms with Gasteiger partial charge in [-0.25, -0.2) is 0 Å². The lowest BCUT2D eigenvalue weighted by molar-refractivity contribution is -0.137. The van der Waals surface area contributed by atoms with E-state index >= 15 is 0 Å². The molecule has 32 heavy (non-hydrogen) atoms. The van der Waals surface area contributed by atoms with Crippen LogP contribution in [0.25, 0.3) is 11.1 Å². The largest absolute Gasteiger partial charge is 0.416 e. The lowest BCUT2D eigenvalue weighted by atomic mass is 10.0. The molecule has 2 amide bonds. The van der Waals surface area contributed by atoms with E-state index in [9.17, 15) is 22.8 Å². The monoisotopic (exact) mass is 436 g/mol. The fourth-order valence-electron chi connectivity index (χ4n) is 2.83. The second-order valence-electron chi connectivity index (χ2n) is 6.78. The van der Waals surface area contributed by atoms with E-state index in [0.29, 0.717) is 5.56 Å². The Morgan fingerprint density at radius 1 is 0.812 bits per heavy atom. The first-order valence-corrected chi connectivity index (χ1v) is 9.69. The summed E-state index contributed by atoms with van der Waals surface area (Å²) >= 11 is 0. The minimum absolute atomic E-state index is 0.0588. The highest BCUT2D eigenvalue weighted by Crippen LogP contribution is 2.29. The van der Waals surface area contributed by atoms with Crippen LogP contribution >= 0.6 is 0 Å². The summed E-state index contributed by atoms with van der Waals surface area (Å²) in [7, 11) is 0. The van der Waals surface area contributed by atoms with Gasteiger partial charge in [-0.15, -0.1) is 0 Å². The minimum Gasteiger partial charge on any atom is -0.344 e. The third-order valence-electron chi connectivity index (χ3n) is 4.46. The van der Waals surface area contributed by atoms with E-state index < -0.39 is 23.6 Å². The van der Waals surface area contributed by atoms with Crippen molar-refractivity contribution in [1.29, 1.82) is 0 Å². The van der Waals surface area contributed by atoms with Gasteiger partial charge in [0.05, 0.1) is 18.7 Å². The maximum atomic E-state index is 12.7. The van der Waals surface area contributed by atoms with Gasteiger partial charge in [-0.3, -0.25) is 9.59 Å². The number of benzene rings is 3. The lowest BCUT2D eigenvalue weighted by Gasteiger charge is -2.07. The maximum absolute atomic E-state index is 12.7. The summed E-state index contributed by atoms with van der Waals surface area (Å²) < 4.78 is 38.1. The molecule has 0 saturated heterocycles. The van der Waals surface area contributed by atoms with Gasteiger partial charge >= 0.3 is 6.18 Å². The van der Waals surface area contributed by atoms with Crippen molar-refractivity contribution >= 4 is 11.8 Å². The molecule has 0 heterocycles. The van der Waals surface area contributed by atoms with Crippen LogP contribution in [0.1, 0.15) is 21.5 Å². The summed E-state index contributed by atoms with van der Waals surface area (Å²) in [6, 6.07) is 21.4. The van der Waals surface area contributed by atoms with E-state index in [-0.39, 0.29) is 18.7 Å². The maximum Gasteiger partial charge on any atom is 0.416 e. The first-order valence-electron chi connectivity index (χ1n) is 9.69. The minimum atomic E-state index is -4.44. The summed E-state index contributed by atoms with van der Waals surface area (Å²) in [4.78, 5) is 24.1. The van der Waals surface area contributed by atoms with Crippen LogP contribution in [0.15, 0.2) is 78.9 Å². The van der Waals surface area contributed by atoms with E-state index in [4.69, 9.17) is 0 Å². The van der Waals surface area contributed by atoms with Crippen LogP contribution in [0.5, 0.6) is 0 Å². The number of rotatable bonds is 5. The number of alkyl halides is 3. The third kappa shape index (κ3) is 6.47. The summed E-state index contributed by atoms with van der Waals surface area (Å²) in [5, 5.41) is 5.00. The first-order chi connectivity index (χ1) is 15.3. The molecule has 0 saturated carbocycles. The summed E-state index contributed by atoms with van der Waals surface area (Å²) in [6.07, 6.45) is -4.44. The Morgan fingerprint density at radius 2 is 1.50 bits per heavy atom. The van der Waals surface area contributed by atoms with Crippen molar-refractivity contribution in [3.05, 3.63) is 95.6 Å². The Kier molecular flexibility index (Phi) is 7.29. The molecule has 0 aliphatic heterocycles. The van der Waals surface area contributed by atoms with E-state index in [1.54, 1.807) is 12.1 Å². The lowest BCUT2D eigenvalue weighted by Crippen LogP contribution is -2.37. The van der Waals surface area contributed by atoms with Gasteiger partial charge in [-0.1, -0.05) is 60.4 Å². The number of hydrogen-bond acceptors (Lipinski definition) is 2. The standard InChI is InChI=1S/C25H19F3N2O2/c26-25(27,28)22-10-4-6-18(16-22)7-5-15-29-23(31)17-30-24(32)21-13-11-20(12-14-21)19-8-2-1-3-9-19/h1-4,6,8-14,16H,15,17H2,(H,29,31)(H,30,32). The molecule has 0 unspecified atom stereocenters. The molecule has 0 fully saturated rings. The van der Waals surface area contributed by atoms with Gasteiger partial charge < -0.3 is 10.6 Å². The highest BCUT2D eigenvalue weighted by molar-refractivity contribution is 5.96. The van der Waals surface area contributed by atoms with E-state index in [2.05, 4.69) is 22.5 Å². The molecular formula is C25H19F3N2O2. The molecule has 4 nitrogen and oxygen atoms in total. The van der Waals surface area contributed by atoms with E-state index in [0.717, 1.165) is 23.3 Å². The van der Waals surface area contributed by atoms with Gasteiger partial charge in [0.15, 0.2) is 0 Å². The molecule has 0 spiro atoms. The molecule has 3 rings (SSSR count). The van der Waals surface area contributed by atoms with Crippen molar-refractivity contribution in [2.45, 2.75) is 6.18 Å². The molecular weight excluding hydrogens is 417 g/mol. The van der Waals surface area contributed by atoms with Crippen LogP contribution in [-0.4, -0.2) is 24.9 Å². The second kappa shape index (κ2) is 10.3. The Balaban J connectivity index is 1.45. The van der Waals surface area contributed by atoms with E-state index in [1.807, 2.05) is 42.5 Å². The highest BCUT2D eigenvalue weighted by Gasteiger charge is 2.30. The SMILES string of the molecule is O=C(CNC(=O)c1ccc(-c2ccccc2)cc1)NCC#Cc1cccc(C(F)(F)F)c1. The molecule has 0 radical (unpaired) electrons. The Morgan fingerprint density at radius 3 is 2.19 bits per heavy atom. The van der Waals surface area contributed by atoms with Crippen LogP contribution in [0, 0.1) is 11.8 Å². The predicted octanol–water partition coefficient (Wildman–Crippen LogP) is 4.27. The number of hydrogen-bond donors (Lipinski definition) is 2. The van der Waals surface area contributed by atoms with Crippen molar-refractivity contribution in [3.63, 3.8) is 0 Å². The molecule has 0 aromatic heterocycles. The molecule has 2 N–H and O–H groups in total. The molecule has 0 bridgehead atoms. The Bertz CT molecular complexity index is 1150. The van der Waals surface area contributed by atoms with Crippen LogP contribution in [-0.2, 0) is 11.0 Å². The zero-order chi connectivity index (χ0) is 23.0. The van der Waals surface area contributed by atoms with Gasteiger partial charge in [0.2, 0.25) is 5.91 Å². The average Bonchev–Trinajstić information content (AvgIpc) is 2.80. The van der Waals surface area contributed by atoms with Gasteiger partial charge in [0.25, 0.3) is 5.91 Å². The van der Waals surface area contributed by atoms with Crippen molar-refractivity contribution in [2.75, 3.05) is 13.1 Å². The smallest absolute Gasteiger partial charge is 0.344 e. The van der Waals surface area contributed by atoms with Gasteiger partial charge in [-0.2, -0.15) is 13.2 Å². The first kappa shape index (κ1) is 22.6. The summed E-state index contributed by atoms with van der Waals surface area (Å²) in [5.74, 6) is 4.31. The molecule has 0 aliphatic rings. The van der Waals surface area contributed by atoms with Crippen molar-refractivity contribution in [1.82, 2.24) is 10.6 Å². The number of amides is 2. The number of halogens is 3. The van der Waals surface area contributed by atoms with Gasteiger partial charge in [0.1, 0.15) is 0 Å². The average molecular weight is 436 g/mol. The zero-order valence-corrected chi connectivity index (χ0v) is 16.9. The molecule has 0 atom stereocenters. The Labute approximate surface area is 183 Å². The number of carbonyl (C=O) groups is 2. The highest BCUT2D eigenvalue weighted by atomic mass is 19.4.